The molecule has 0 saturated carbocycles. The van der Waals surface area contributed by atoms with Gasteiger partial charge in [0.25, 0.3) is 0 Å². The average molecular weight is 243 g/mol. The molecule has 1 fully saturated rings. The second-order valence-corrected chi connectivity index (χ2v) is 4.35. The number of hydrogen-bond acceptors (Lipinski definition) is 6. The minimum atomic E-state index is -1.03. The minimum Gasteiger partial charge on any atom is -0.394 e. The average Bonchev–Trinajstić information content (AvgIpc) is 2.69. The number of hydrogen-bond donors (Lipinski definition) is 3. The van der Waals surface area contributed by atoms with E-state index in [0.717, 1.165) is 5.69 Å². The number of aromatic nitrogens is 3. The van der Waals surface area contributed by atoms with Crippen LogP contribution in [-0.2, 0) is 11.3 Å². The van der Waals surface area contributed by atoms with Gasteiger partial charge in [-0.15, -0.1) is 5.10 Å². The smallest absolute Gasteiger partial charge is 0.109 e. The van der Waals surface area contributed by atoms with Crippen LogP contribution in [0.5, 0.6) is 0 Å². The quantitative estimate of drug-likeness (QED) is 0.594. The van der Waals surface area contributed by atoms with Crippen molar-refractivity contribution in [2.75, 3.05) is 6.61 Å². The van der Waals surface area contributed by atoms with Crippen molar-refractivity contribution in [3.05, 3.63) is 11.9 Å². The van der Waals surface area contributed by atoms with E-state index in [1.165, 1.54) is 0 Å². The van der Waals surface area contributed by atoms with E-state index >= 15 is 0 Å². The first kappa shape index (κ1) is 12.4. The number of aryl methyl sites for hydroxylation is 1. The van der Waals surface area contributed by atoms with Crippen LogP contribution in [0, 0.1) is 6.92 Å². The SMILES string of the molecule is Cc1cn(C[C@@H]2C[C@@H](O)[C@@H](O)[C@@H](CO)O2)nn1. The van der Waals surface area contributed by atoms with Gasteiger partial charge in [0.05, 0.1) is 31.1 Å². The summed E-state index contributed by atoms with van der Waals surface area (Å²) >= 11 is 0. The van der Waals surface area contributed by atoms with Crippen molar-refractivity contribution in [3.8, 4) is 0 Å². The van der Waals surface area contributed by atoms with Crippen LogP contribution in [0.4, 0.5) is 0 Å². The zero-order valence-electron chi connectivity index (χ0n) is 9.60. The molecule has 4 atom stereocenters. The van der Waals surface area contributed by atoms with Crippen LogP contribution in [0.1, 0.15) is 12.1 Å². The Hall–Kier alpha value is -1.02. The Morgan fingerprint density at radius 2 is 2.29 bits per heavy atom. The number of aliphatic hydroxyl groups excluding tert-OH is 3. The maximum atomic E-state index is 9.65. The van der Waals surface area contributed by atoms with Crippen LogP contribution in [0.15, 0.2) is 6.20 Å². The van der Waals surface area contributed by atoms with Crippen molar-refractivity contribution in [1.29, 1.82) is 0 Å². The normalized spacial score (nSPS) is 33.9. The molecule has 3 N–H and O–H groups in total. The molecule has 2 rings (SSSR count). The van der Waals surface area contributed by atoms with Crippen LogP contribution < -0.4 is 0 Å². The van der Waals surface area contributed by atoms with Gasteiger partial charge in [-0.3, -0.25) is 0 Å². The Bertz CT molecular complexity index is 370. The molecule has 1 aromatic heterocycles. The van der Waals surface area contributed by atoms with Gasteiger partial charge in [0.15, 0.2) is 0 Å². The Kier molecular flexibility index (Phi) is 3.72. The number of rotatable bonds is 3. The third kappa shape index (κ3) is 2.81. The van der Waals surface area contributed by atoms with Gasteiger partial charge in [-0.25, -0.2) is 4.68 Å². The zero-order chi connectivity index (χ0) is 12.4. The van der Waals surface area contributed by atoms with Crippen LogP contribution >= 0.6 is 0 Å². The Labute approximate surface area is 98.6 Å². The van der Waals surface area contributed by atoms with Crippen LogP contribution in [0.3, 0.4) is 0 Å². The highest BCUT2D eigenvalue weighted by atomic mass is 16.5. The molecule has 0 aromatic carbocycles. The van der Waals surface area contributed by atoms with Gasteiger partial charge in [-0.05, 0) is 6.92 Å². The maximum Gasteiger partial charge on any atom is 0.109 e. The molecular weight excluding hydrogens is 226 g/mol. The van der Waals surface area contributed by atoms with E-state index in [9.17, 15) is 10.2 Å². The molecule has 0 radical (unpaired) electrons. The number of aliphatic hydroxyl groups is 3. The third-order valence-corrected chi connectivity index (χ3v) is 2.87. The van der Waals surface area contributed by atoms with Crippen LogP contribution in [0.2, 0.25) is 0 Å². The van der Waals surface area contributed by atoms with Gasteiger partial charge in [-0.1, -0.05) is 5.21 Å². The van der Waals surface area contributed by atoms with Gasteiger partial charge in [0, 0.05) is 12.6 Å². The van der Waals surface area contributed by atoms with E-state index in [0.29, 0.717) is 13.0 Å². The highest BCUT2D eigenvalue weighted by Gasteiger charge is 2.36. The van der Waals surface area contributed by atoms with Gasteiger partial charge < -0.3 is 20.1 Å². The summed E-state index contributed by atoms with van der Waals surface area (Å²) in [5.74, 6) is 0. The molecular formula is C10H17N3O4. The lowest BCUT2D eigenvalue weighted by Crippen LogP contribution is -2.50. The van der Waals surface area contributed by atoms with E-state index < -0.39 is 18.3 Å². The van der Waals surface area contributed by atoms with Crippen molar-refractivity contribution in [1.82, 2.24) is 15.0 Å². The van der Waals surface area contributed by atoms with Gasteiger partial charge in [0.1, 0.15) is 12.2 Å². The van der Waals surface area contributed by atoms with E-state index in [-0.39, 0.29) is 12.7 Å². The molecule has 1 saturated heterocycles. The first-order valence-electron chi connectivity index (χ1n) is 5.59. The molecule has 0 bridgehead atoms. The molecule has 17 heavy (non-hydrogen) atoms. The summed E-state index contributed by atoms with van der Waals surface area (Å²) in [4.78, 5) is 0. The highest BCUT2D eigenvalue weighted by molar-refractivity contribution is 4.89. The summed E-state index contributed by atoms with van der Waals surface area (Å²) in [6, 6.07) is 0. The van der Waals surface area contributed by atoms with Crippen molar-refractivity contribution in [3.63, 3.8) is 0 Å². The number of ether oxygens (including phenoxy) is 1. The lowest BCUT2D eigenvalue weighted by Gasteiger charge is -2.36. The third-order valence-electron chi connectivity index (χ3n) is 2.87. The fourth-order valence-corrected chi connectivity index (χ4v) is 2.00. The Morgan fingerprint density at radius 3 is 2.88 bits per heavy atom. The maximum absolute atomic E-state index is 9.65. The summed E-state index contributed by atoms with van der Waals surface area (Å²) in [7, 11) is 0. The molecule has 1 aliphatic heterocycles. The van der Waals surface area contributed by atoms with Crippen LogP contribution in [0.25, 0.3) is 0 Å². The predicted octanol–water partition coefficient (Wildman–Crippen LogP) is -1.54. The van der Waals surface area contributed by atoms with Crippen molar-refractivity contribution < 1.29 is 20.1 Å². The summed E-state index contributed by atoms with van der Waals surface area (Å²) in [6.45, 7) is 1.96. The molecule has 7 nitrogen and oxygen atoms in total. The monoisotopic (exact) mass is 243 g/mol. The van der Waals surface area contributed by atoms with Crippen molar-refractivity contribution in [2.24, 2.45) is 0 Å². The van der Waals surface area contributed by atoms with E-state index in [4.69, 9.17) is 9.84 Å². The Morgan fingerprint density at radius 1 is 1.53 bits per heavy atom. The largest absolute Gasteiger partial charge is 0.394 e. The molecule has 1 aromatic rings. The molecule has 0 amide bonds. The topological polar surface area (TPSA) is 101 Å². The molecule has 2 heterocycles. The summed E-state index contributed by atoms with van der Waals surface area (Å²) in [6.07, 6.45) is -0.852. The second-order valence-electron chi connectivity index (χ2n) is 4.35. The fourth-order valence-electron chi connectivity index (χ4n) is 2.00. The summed E-state index contributed by atoms with van der Waals surface area (Å²) < 4.78 is 7.11. The lowest BCUT2D eigenvalue weighted by molar-refractivity contribution is -0.182. The van der Waals surface area contributed by atoms with Crippen molar-refractivity contribution in [2.45, 2.75) is 44.3 Å². The van der Waals surface area contributed by atoms with Gasteiger partial charge in [-0.2, -0.15) is 0 Å². The first-order valence-corrected chi connectivity index (χ1v) is 5.59. The lowest BCUT2D eigenvalue weighted by atomic mass is 9.98. The highest BCUT2D eigenvalue weighted by Crippen LogP contribution is 2.21. The molecule has 0 spiro atoms. The van der Waals surface area contributed by atoms with Gasteiger partial charge >= 0.3 is 0 Å². The van der Waals surface area contributed by atoms with E-state index in [1.54, 1.807) is 10.9 Å². The summed E-state index contributed by atoms with van der Waals surface area (Å²) in [5, 5.41) is 36.0. The minimum absolute atomic E-state index is 0.286. The van der Waals surface area contributed by atoms with Crippen molar-refractivity contribution >= 4 is 0 Å². The molecule has 0 unspecified atom stereocenters. The van der Waals surface area contributed by atoms with Gasteiger partial charge in [0.2, 0.25) is 0 Å². The molecule has 1 aliphatic rings. The molecule has 96 valence electrons. The standard InChI is InChI=1S/C10H17N3O4/c1-6-3-13(12-11-6)4-7-2-8(15)10(16)9(5-14)17-7/h3,7-10,14-16H,2,4-5H2,1H3/t7-,8+,9+,10+/m0/s1. The molecule has 7 heteroatoms. The predicted molar refractivity (Wildman–Crippen MR) is 57.1 cm³/mol. The first-order chi connectivity index (χ1) is 8.10. The Balaban J connectivity index is 1.98. The second kappa shape index (κ2) is 5.09. The number of nitrogens with zero attached hydrogens (tertiary/aromatic N) is 3. The zero-order valence-corrected chi connectivity index (χ0v) is 9.60. The molecule has 0 aliphatic carbocycles. The fraction of sp³-hybridized carbons (Fsp3) is 0.800. The van der Waals surface area contributed by atoms with E-state index in [1.807, 2.05) is 6.92 Å². The van der Waals surface area contributed by atoms with Crippen LogP contribution in [-0.4, -0.2) is 61.3 Å². The van der Waals surface area contributed by atoms with E-state index in [2.05, 4.69) is 10.3 Å². The summed E-state index contributed by atoms with van der Waals surface area (Å²) in [5.41, 5.74) is 0.806.